The van der Waals surface area contributed by atoms with E-state index in [0.717, 1.165) is 22.4 Å². The van der Waals surface area contributed by atoms with E-state index < -0.39 is 11.7 Å². The number of hydrogen-bond donors (Lipinski definition) is 1. The molecule has 0 aliphatic carbocycles. The highest BCUT2D eigenvalue weighted by molar-refractivity contribution is 5.94. The van der Waals surface area contributed by atoms with Gasteiger partial charge in [-0.2, -0.15) is 0 Å². The third-order valence-corrected chi connectivity index (χ3v) is 4.89. The zero-order valence-electron chi connectivity index (χ0n) is 15.5. The summed E-state index contributed by atoms with van der Waals surface area (Å²) in [7, 11) is 1.96. The van der Waals surface area contributed by atoms with Crippen LogP contribution < -0.4 is 5.32 Å². The second-order valence-electron chi connectivity index (χ2n) is 6.70. The minimum absolute atomic E-state index is 0.0356. The fourth-order valence-corrected chi connectivity index (χ4v) is 3.38. The van der Waals surface area contributed by atoms with Crippen LogP contribution >= 0.6 is 0 Å². The number of nitrogens with zero attached hydrogens (tertiary/aromatic N) is 2. The Bertz CT molecular complexity index is 1120. The van der Waals surface area contributed by atoms with Crippen molar-refractivity contribution in [2.45, 2.75) is 12.5 Å². The molecular formula is C23H20FN3O. The molecule has 0 aliphatic rings. The molecule has 0 unspecified atom stereocenters. The average Bonchev–Trinajstić information content (AvgIpc) is 3.04. The minimum atomic E-state index is -0.533. The first-order valence-corrected chi connectivity index (χ1v) is 9.14. The molecular weight excluding hydrogens is 353 g/mol. The van der Waals surface area contributed by atoms with Crippen molar-refractivity contribution in [3.63, 3.8) is 0 Å². The van der Waals surface area contributed by atoms with Gasteiger partial charge in [-0.05, 0) is 29.8 Å². The van der Waals surface area contributed by atoms with Crippen molar-refractivity contribution >= 4 is 16.9 Å². The molecule has 5 heteroatoms. The summed E-state index contributed by atoms with van der Waals surface area (Å²) >= 11 is 0. The van der Waals surface area contributed by atoms with Crippen molar-refractivity contribution in [3.8, 4) is 0 Å². The number of para-hydroxylation sites is 2. The molecule has 1 aromatic heterocycles. The number of imidazole rings is 1. The molecule has 4 aromatic rings. The topological polar surface area (TPSA) is 46.9 Å². The van der Waals surface area contributed by atoms with Crippen LogP contribution in [-0.4, -0.2) is 15.5 Å². The maximum absolute atomic E-state index is 14.0. The number of aromatic nitrogens is 2. The van der Waals surface area contributed by atoms with E-state index >= 15 is 0 Å². The molecule has 1 heterocycles. The van der Waals surface area contributed by atoms with Gasteiger partial charge < -0.3 is 9.88 Å². The highest BCUT2D eigenvalue weighted by Gasteiger charge is 2.21. The van der Waals surface area contributed by atoms with Gasteiger partial charge in [-0.1, -0.05) is 54.6 Å². The number of benzene rings is 3. The molecule has 140 valence electrons. The molecule has 0 fully saturated rings. The number of carbonyl (C=O) groups excluding carboxylic acids is 1. The highest BCUT2D eigenvalue weighted by Crippen LogP contribution is 2.22. The van der Waals surface area contributed by atoms with Crippen LogP contribution in [0.25, 0.3) is 11.0 Å². The molecule has 0 radical (unpaired) electrons. The lowest BCUT2D eigenvalue weighted by atomic mass is 10.0. The third-order valence-electron chi connectivity index (χ3n) is 4.89. The van der Waals surface area contributed by atoms with Gasteiger partial charge in [-0.25, -0.2) is 9.37 Å². The van der Waals surface area contributed by atoms with Crippen LogP contribution in [0.2, 0.25) is 0 Å². The average molecular weight is 373 g/mol. The quantitative estimate of drug-likeness (QED) is 0.563. The largest absolute Gasteiger partial charge is 0.345 e. The molecule has 0 saturated heterocycles. The lowest BCUT2D eigenvalue weighted by molar-refractivity contribution is 0.0932. The Morgan fingerprint density at radius 2 is 1.68 bits per heavy atom. The summed E-state index contributed by atoms with van der Waals surface area (Å²) in [4.78, 5) is 17.4. The van der Waals surface area contributed by atoms with Gasteiger partial charge >= 0.3 is 0 Å². The second-order valence-corrected chi connectivity index (χ2v) is 6.70. The molecule has 1 atom stereocenters. The Kier molecular flexibility index (Phi) is 4.89. The van der Waals surface area contributed by atoms with Crippen molar-refractivity contribution < 1.29 is 9.18 Å². The Morgan fingerprint density at radius 1 is 1.00 bits per heavy atom. The van der Waals surface area contributed by atoms with Crippen molar-refractivity contribution in [1.29, 1.82) is 0 Å². The van der Waals surface area contributed by atoms with Gasteiger partial charge in [0.15, 0.2) is 0 Å². The number of amides is 1. The third kappa shape index (κ3) is 3.51. The molecule has 4 nitrogen and oxygen atoms in total. The lowest BCUT2D eigenvalue weighted by Gasteiger charge is -2.19. The van der Waals surface area contributed by atoms with Crippen LogP contribution in [-0.2, 0) is 13.5 Å². The summed E-state index contributed by atoms with van der Waals surface area (Å²) in [6.07, 6.45) is 0.495. The van der Waals surface area contributed by atoms with E-state index in [9.17, 15) is 9.18 Å². The summed E-state index contributed by atoms with van der Waals surface area (Å²) in [6, 6.07) is 23.3. The van der Waals surface area contributed by atoms with E-state index in [1.54, 1.807) is 12.1 Å². The Morgan fingerprint density at radius 3 is 2.43 bits per heavy atom. The van der Waals surface area contributed by atoms with Crippen LogP contribution in [0.3, 0.4) is 0 Å². The van der Waals surface area contributed by atoms with E-state index in [-0.39, 0.29) is 11.6 Å². The standard InChI is InChI=1S/C23H20FN3O/c1-27-21-14-8-7-13-19(21)25-22(27)15-20(16-9-3-2-4-10-16)26-23(28)17-11-5-6-12-18(17)24/h2-14,20H,15H2,1H3,(H,26,28)/t20-/m1/s1. The zero-order valence-corrected chi connectivity index (χ0v) is 15.5. The highest BCUT2D eigenvalue weighted by atomic mass is 19.1. The molecule has 0 spiro atoms. The first kappa shape index (κ1) is 17.9. The van der Waals surface area contributed by atoms with Crippen molar-refractivity contribution in [1.82, 2.24) is 14.9 Å². The van der Waals surface area contributed by atoms with Gasteiger partial charge in [0, 0.05) is 13.5 Å². The van der Waals surface area contributed by atoms with Gasteiger partial charge in [0.05, 0.1) is 22.6 Å². The molecule has 0 saturated carbocycles. The van der Waals surface area contributed by atoms with Crippen LogP contribution in [0, 0.1) is 5.82 Å². The van der Waals surface area contributed by atoms with E-state index in [0.29, 0.717) is 6.42 Å². The first-order chi connectivity index (χ1) is 13.6. The molecule has 1 amide bonds. The number of nitrogens with one attached hydrogen (secondary N) is 1. The van der Waals surface area contributed by atoms with Gasteiger partial charge in [-0.3, -0.25) is 4.79 Å². The fourth-order valence-electron chi connectivity index (χ4n) is 3.38. The van der Waals surface area contributed by atoms with Gasteiger partial charge in [0.25, 0.3) is 5.91 Å². The monoisotopic (exact) mass is 373 g/mol. The van der Waals surface area contributed by atoms with Gasteiger partial charge in [0.2, 0.25) is 0 Å². The van der Waals surface area contributed by atoms with Crippen LogP contribution in [0.5, 0.6) is 0 Å². The normalized spacial score (nSPS) is 12.1. The Balaban J connectivity index is 1.67. The smallest absolute Gasteiger partial charge is 0.254 e. The van der Waals surface area contributed by atoms with E-state index in [4.69, 9.17) is 4.98 Å². The number of aryl methyl sites for hydroxylation is 1. The van der Waals surface area contributed by atoms with E-state index in [2.05, 4.69) is 5.32 Å². The fraction of sp³-hybridized carbons (Fsp3) is 0.130. The molecule has 0 bridgehead atoms. The summed E-state index contributed by atoms with van der Waals surface area (Å²) in [5.74, 6) is -0.121. The SMILES string of the molecule is Cn1c(C[C@@H](NC(=O)c2ccccc2F)c2ccccc2)nc2ccccc21. The van der Waals surface area contributed by atoms with Crippen LogP contribution in [0.15, 0.2) is 78.9 Å². The minimum Gasteiger partial charge on any atom is -0.345 e. The molecule has 3 aromatic carbocycles. The number of rotatable bonds is 5. The predicted octanol–water partition coefficient (Wildman–Crippen LogP) is 4.43. The summed E-state index contributed by atoms with van der Waals surface area (Å²) < 4.78 is 16.1. The van der Waals surface area contributed by atoms with Crippen molar-refractivity contribution in [3.05, 3.63) is 102 Å². The van der Waals surface area contributed by atoms with Crippen molar-refractivity contribution in [2.24, 2.45) is 7.05 Å². The maximum atomic E-state index is 14.0. The summed E-state index contributed by atoms with van der Waals surface area (Å²) in [6.45, 7) is 0. The maximum Gasteiger partial charge on any atom is 0.254 e. The number of halogens is 1. The summed E-state index contributed by atoms with van der Waals surface area (Å²) in [5, 5.41) is 2.98. The van der Waals surface area contributed by atoms with E-state index in [1.807, 2.05) is 66.2 Å². The van der Waals surface area contributed by atoms with Gasteiger partial charge in [-0.15, -0.1) is 0 Å². The Labute approximate surface area is 162 Å². The molecule has 0 aliphatic heterocycles. The second kappa shape index (κ2) is 7.64. The number of carbonyl (C=O) groups is 1. The molecule has 28 heavy (non-hydrogen) atoms. The first-order valence-electron chi connectivity index (χ1n) is 9.14. The number of hydrogen-bond acceptors (Lipinski definition) is 2. The zero-order chi connectivity index (χ0) is 19.5. The molecule has 4 rings (SSSR count). The number of fused-ring (bicyclic) bond motifs is 1. The van der Waals surface area contributed by atoms with Crippen LogP contribution in [0.1, 0.15) is 27.8 Å². The predicted molar refractivity (Wildman–Crippen MR) is 107 cm³/mol. The summed E-state index contributed by atoms with van der Waals surface area (Å²) in [5.41, 5.74) is 2.92. The van der Waals surface area contributed by atoms with E-state index in [1.165, 1.54) is 12.1 Å². The van der Waals surface area contributed by atoms with Crippen LogP contribution in [0.4, 0.5) is 4.39 Å². The Hall–Kier alpha value is -3.47. The molecule has 1 N–H and O–H groups in total. The van der Waals surface area contributed by atoms with Crippen molar-refractivity contribution in [2.75, 3.05) is 0 Å². The lowest BCUT2D eigenvalue weighted by Crippen LogP contribution is -2.31. The van der Waals surface area contributed by atoms with Gasteiger partial charge in [0.1, 0.15) is 11.6 Å².